The monoisotopic (exact) mass is 347 g/mol. The Balaban J connectivity index is 1.68. The van der Waals surface area contributed by atoms with E-state index in [1.54, 1.807) is 0 Å². The normalized spacial score (nSPS) is 24.2. The third-order valence-electron chi connectivity index (χ3n) is 5.72. The van der Waals surface area contributed by atoms with Crippen LogP contribution in [-0.4, -0.2) is 16.6 Å². The second kappa shape index (κ2) is 6.81. The average Bonchev–Trinajstić information content (AvgIpc) is 2.91. The molecule has 1 N–H and O–H groups in total. The van der Waals surface area contributed by atoms with Gasteiger partial charge < -0.3 is 5.11 Å². The van der Waals surface area contributed by atoms with Crippen molar-refractivity contribution in [2.45, 2.75) is 51.6 Å². The second-order valence-corrected chi connectivity index (χ2v) is 7.58. The van der Waals surface area contributed by atoms with Gasteiger partial charge in [-0.2, -0.15) is 0 Å². The molecule has 2 aromatic rings. The highest BCUT2D eigenvalue weighted by molar-refractivity contribution is 6.17. The summed E-state index contributed by atoms with van der Waals surface area (Å²) in [5.74, 6) is -0.229. The van der Waals surface area contributed by atoms with Gasteiger partial charge in [0.25, 0.3) is 0 Å². The molecule has 3 unspecified atom stereocenters. The minimum absolute atomic E-state index is 0.00191. The molecule has 0 fully saturated rings. The fourth-order valence-corrected chi connectivity index (χ4v) is 4.26. The largest absolute Gasteiger partial charge is 0.387 e. The number of hydrogen-bond acceptors (Lipinski definition) is 3. The number of fused-ring (bicyclic) bond motifs is 2. The summed E-state index contributed by atoms with van der Waals surface area (Å²) in [5.41, 5.74) is 5.77. The zero-order chi connectivity index (χ0) is 18.3. The highest BCUT2D eigenvalue weighted by atomic mass is 16.3. The average molecular weight is 347 g/mol. The van der Waals surface area contributed by atoms with E-state index in [4.69, 9.17) is 4.99 Å². The molecule has 0 bridgehead atoms. The lowest BCUT2D eigenvalue weighted by molar-refractivity contribution is 0.0856. The zero-order valence-electron chi connectivity index (χ0n) is 15.4. The maximum Gasteiger partial charge on any atom is 0.174 e. The van der Waals surface area contributed by atoms with Gasteiger partial charge in [0.2, 0.25) is 0 Å². The van der Waals surface area contributed by atoms with E-state index in [-0.39, 0.29) is 5.78 Å². The number of carbonyl (C=O) groups is 1. The summed E-state index contributed by atoms with van der Waals surface area (Å²) < 4.78 is 0. The molecule has 1 aliphatic heterocycles. The molecule has 1 heterocycles. The number of aliphatic hydroxyl groups is 1. The second-order valence-electron chi connectivity index (χ2n) is 7.58. The van der Waals surface area contributed by atoms with Gasteiger partial charge >= 0.3 is 0 Å². The number of hydrogen-bond donors (Lipinski definition) is 1. The summed E-state index contributed by atoms with van der Waals surface area (Å²) in [5, 5.41) is 10.7. The Labute approximate surface area is 154 Å². The third-order valence-corrected chi connectivity index (χ3v) is 5.72. The molecule has 4 rings (SSSR count). The smallest absolute Gasteiger partial charge is 0.174 e. The summed E-state index contributed by atoms with van der Waals surface area (Å²) in [6, 6.07) is 13.9. The van der Waals surface area contributed by atoms with E-state index >= 15 is 0 Å². The lowest BCUT2D eigenvalue weighted by Crippen LogP contribution is -2.27. The Hall–Kier alpha value is -2.26. The number of ketones is 1. The highest BCUT2D eigenvalue weighted by Gasteiger charge is 2.42. The van der Waals surface area contributed by atoms with Crippen LogP contribution in [0.4, 0.5) is 5.69 Å². The van der Waals surface area contributed by atoms with Crippen LogP contribution in [0.15, 0.2) is 47.5 Å². The van der Waals surface area contributed by atoms with E-state index in [2.05, 4.69) is 32.0 Å². The summed E-state index contributed by atoms with van der Waals surface area (Å²) in [6.45, 7) is 4.40. The van der Waals surface area contributed by atoms with Crippen molar-refractivity contribution in [2.75, 3.05) is 0 Å². The number of unbranched alkanes of at least 4 members (excludes halogenated alkanes) is 1. The quantitative estimate of drug-likeness (QED) is 0.831. The van der Waals surface area contributed by atoms with Gasteiger partial charge in [-0.3, -0.25) is 9.79 Å². The van der Waals surface area contributed by atoms with Crippen LogP contribution in [0.2, 0.25) is 0 Å². The van der Waals surface area contributed by atoms with Crippen molar-refractivity contribution in [3.8, 4) is 0 Å². The first-order chi connectivity index (χ1) is 12.6. The molecule has 0 amide bonds. The molecule has 3 nitrogen and oxygen atoms in total. The SMILES string of the molecule is CCCCc1ccc2c(c1)C(C)CC(C1C(=O)c3ccccc3C1O)=N2. The van der Waals surface area contributed by atoms with Gasteiger partial charge in [0.05, 0.1) is 17.7 Å². The Morgan fingerprint density at radius 3 is 2.73 bits per heavy atom. The molecule has 0 radical (unpaired) electrons. The van der Waals surface area contributed by atoms with E-state index in [0.717, 1.165) is 29.8 Å². The predicted octanol–water partition coefficient (Wildman–Crippen LogP) is 5.16. The Morgan fingerprint density at radius 2 is 1.96 bits per heavy atom. The number of Topliss-reactive ketones (excluding diaryl/α,β-unsaturated/α-hetero) is 1. The molecule has 1 aliphatic carbocycles. The molecule has 2 aliphatic rings. The van der Waals surface area contributed by atoms with Crippen molar-refractivity contribution >= 4 is 17.2 Å². The lowest BCUT2D eigenvalue weighted by Gasteiger charge is -2.26. The molecular formula is C23H25NO2. The number of rotatable bonds is 4. The standard InChI is InChI=1S/C23H25NO2/c1-3-4-7-15-10-11-19-18(13-15)14(2)12-20(24-19)21-22(25)16-8-5-6-9-17(16)23(21)26/h5-6,8-11,13-14,21-22,25H,3-4,7,12H2,1-2H3. The molecule has 2 aromatic carbocycles. The van der Waals surface area contributed by atoms with Gasteiger partial charge in [0, 0.05) is 11.3 Å². The molecule has 3 heteroatoms. The van der Waals surface area contributed by atoms with Crippen molar-refractivity contribution in [3.63, 3.8) is 0 Å². The maximum absolute atomic E-state index is 12.9. The summed E-state index contributed by atoms with van der Waals surface area (Å²) in [6.07, 6.45) is 3.43. The Bertz CT molecular complexity index is 884. The van der Waals surface area contributed by atoms with E-state index in [9.17, 15) is 9.90 Å². The van der Waals surface area contributed by atoms with E-state index in [1.807, 2.05) is 24.3 Å². The molecule has 26 heavy (non-hydrogen) atoms. The predicted molar refractivity (Wildman–Crippen MR) is 104 cm³/mol. The van der Waals surface area contributed by atoms with Gasteiger partial charge in [0.15, 0.2) is 5.78 Å². The van der Waals surface area contributed by atoms with Crippen molar-refractivity contribution in [2.24, 2.45) is 10.9 Å². The van der Waals surface area contributed by atoms with E-state index in [1.165, 1.54) is 24.0 Å². The summed E-state index contributed by atoms with van der Waals surface area (Å²) in [4.78, 5) is 17.7. The number of aliphatic imine (C=N–C) groups is 1. The van der Waals surface area contributed by atoms with E-state index in [0.29, 0.717) is 11.5 Å². The summed E-state index contributed by atoms with van der Waals surface area (Å²) in [7, 11) is 0. The Morgan fingerprint density at radius 1 is 1.15 bits per heavy atom. The van der Waals surface area contributed by atoms with Crippen molar-refractivity contribution in [3.05, 3.63) is 64.7 Å². The maximum atomic E-state index is 12.9. The van der Waals surface area contributed by atoms with Gasteiger partial charge in [-0.25, -0.2) is 0 Å². The number of aryl methyl sites for hydroxylation is 1. The van der Waals surface area contributed by atoms with E-state index < -0.39 is 12.0 Å². The molecule has 0 saturated heterocycles. The Kier molecular flexibility index (Phi) is 4.49. The first kappa shape index (κ1) is 17.2. The molecule has 0 spiro atoms. The highest BCUT2D eigenvalue weighted by Crippen LogP contribution is 2.43. The van der Waals surface area contributed by atoms with Crippen LogP contribution in [0, 0.1) is 5.92 Å². The first-order valence-electron chi connectivity index (χ1n) is 9.61. The van der Waals surface area contributed by atoms with Crippen LogP contribution in [0.1, 0.15) is 72.2 Å². The zero-order valence-corrected chi connectivity index (χ0v) is 15.4. The number of aliphatic hydroxyl groups excluding tert-OH is 1. The number of nitrogens with zero attached hydrogens (tertiary/aromatic N) is 1. The molecule has 134 valence electrons. The van der Waals surface area contributed by atoms with Crippen molar-refractivity contribution in [1.82, 2.24) is 0 Å². The van der Waals surface area contributed by atoms with Gasteiger partial charge in [-0.1, -0.05) is 56.7 Å². The molecule has 0 aromatic heterocycles. The fraction of sp³-hybridized carbons (Fsp3) is 0.391. The number of benzene rings is 2. The first-order valence-corrected chi connectivity index (χ1v) is 9.61. The lowest BCUT2D eigenvalue weighted by atomic mass is 9.83. The topological polar surface area (TPSA) is 49.7 Å². The number of carbonyl (C=O) groups excluding carboxylic acids is 1. The fourth-order valence-electron chi connectivity index (χ4n) is 4.26. The van der Waals surface area contributed by atoms with Gasteiger partial charge in [-0.15, -0.1) is 0 Å². The third kappa shape index (κ3) is 2.80. The minimum Gasteiger partial charge on any atom is -0.387 e. The summed E-state index contributed by atoms with van der Waals surface area (Å²) >= 11 is 0. The molecule has 3 atom stereocenters. The molecular weight excluding hydrogens is 322 g/mol. The van der Waals surface area contributed by atoms with Crippen LogP contribution < -0.4 is 0 Å². The van der Waals surface area contributed by atoms with Crippen LogP contribution >= 0.6 is 0 Å². The van der Waals surface area contributed by atoms with Gasteiger partial charge in [-0.05, 0) is 47.9 Å². The molecule has 0 saturated carbocycles. The van der Waals surface area contributed by atoms with Crippen LogP contribution in [0.3, 0.4) is 0 Å². The van der Waals surface area contributed by atoms with Crippen LogP contribution in [-0.2, 0) is 6.42 Å². The van der Waals surface area contributed by atoms with Crippen molar-refractivity contribution in [1.29, 1.82) is 0 Å². The van der Waals surface area contributed by atoms with Crippen molar-refractivity contribution < 1.29 is 9.90 Å². The van der Waals surface area contributed by atoms with Crippen LogP contribution in [0.5, 0.6) is 0 Å². The van der Waals surface area contributed by atoms with Crippen LogP contribution in [0.25, 0.3) is 0 Å². The van der Waals surface area contributed by atoms with Gasteiger partial charge in [0.1, 0.15) is 0 Å². The minimum atomic E-state index is -0.782.